The number of hydrogen-bond donors (Lipinski definition) is 2. The zero-order chi connectivity index (χ0) is 14.8. The summed E-state index contributed by atoms with van der Waals surface area (Å²) in [6, 6.07) is -0.289. The van der Waals surface area contributed by atoms with Crippen LogP contribution in [0.2, 0.25) is 0 Å². The summed E-state index contributed by atoms with van der Waals surface area (Å²) >= 11 is 0. The van der Waals surface area contributed by atoms with Gasteiger partial charge in [0.15, 0.2) is 0 Å². The van der Waals surface area contributed by atoms with E-state index in [1.807, 2.05) is 0 Å². The summed E-state index contributed by atoms with van der Waals surface area (Å²) < 4.78 is 38.2. The van der Waals surface area contributed by atoms with E-state index in [1.54, 1.807) is 0 Å². The van der Waals surface area contributed by atoms with Gasteiger partial charge in [-0.25, -0.2) is 0 Å². The standard InChI is InChI=1S/C14H22F3NO2/c15-14(16,17)10-5-3-4-9(8-10)13(20)18-11-6-1-2-7-12(11)19/h9-12,19H,1-8H2,(H,18,20)/t9?,10?,11-,12-/m1/s1. The van der Waals surface area contributed by atoms with E-state index in [0.717, 1.165) is 12.8 Å². The molecule has 0 bridgehead atoms. The first-order chi connectivity index (χ1) is 9.38. The summed E-state index contributed by atoms with van der Waals surface area (Å²) in [5, 5.41) is 12.6. The molecule has 0 spiro atoms. The van der Waals surface area contributed by atoms with Gasteiger partial charge in [-0.15, -0.1) is 0 Å². The summed E-state index contributed by atoms with van der Waals surface area (Å²) in [6.45, 7) is 0. The van der Waals surface area contributed by atoms with Crippen LogP contribution >= 0.6 is 0 Å². The molecule has 20 heavy (non-hydrogen) atoms. The molecule has 3 nitrogen and oxygen atoms in total. The normalized spacial score (nSPS) is 35.6. The Labute approximate surface area is 116 Å². The second kappa shape index (κ2) is 6.33. The van der Waals surface area contributed by atoms with Crippen LogP contribution in [0.5, 0.6) is 0 Å². The van der Waals surface area contributed by atoms with Crippen LogP contribution in [0.4, 0.5) is 13.2 Å². The molecular weight excluding hydrogens is 271 g/mol. The van der Waals surface area contributed by atoms with Gasteiger partial charge in [-0.1, -0.05) is 19.3 Å². The Bertz CT molecular complexity index is 346. The summed E-state index contributed by atoms with van der Waals surface area (Å²) in [4.78, 5) is 12.1. The zero-order valence-corrected chi connectivity index (χ0v) is 11.5. The summed E-state index contributed by atoms with van der Waals surface area (Å²) in [5.74, 6) is -2.24. The highest BCUT2D eigenvalue weighted by atomic mass is 19.4. The summed E-state index contributed by atoms with van der Waals surface area (Å²) in [7, 11) is 0. The lowest BCUT2D eigenvalue weighted by Gasteiger charge is -2.33. The van der Waals surface area contributed by atoms with Gasteiger partial charge in [0.05, 0.1) is 18.1 Å². The van der Waals surface area contributed by atoms with Crippen molar-refractivity contribution in [3.05, 3.63) is 0 Å². The molecular formula is C14H22F3NO2. The van der Waals surface area contributed by atoms with Gasteiger partial charge in [-0.3, -0.25) is 4.79 Å². The van der Waals surface area contributed by atoms with Crippen molar-refractivity contribution < 1.29 is 23.1 Å². The Hall–Kier alpha value is -0.780. The van der Waals surface area contributed by atoms with E-state index < -0.39 is 24.1 Å². The topological polar surface area (TPSA) is 49.3 Å². The van der Waals surface area contributed by atoms with E-state index in [2.05, 4.69) is 5.32 Å². The minimum absolute atomic E-state index is 0.113. The summed E-state index contributed by atoms with van der Waals surface area (Å²) in [5.41, 5.74) is 0. The van der Waals surface area contributed by atoms with Crippen molar-refractivity contribution in [1.29, 1.82) is 0 Å². The van der Waals surface area contributed by atoms with Crippen LogP contribution in [0.1, 0.15) is 51.4 Å². The first-order valence-electron chi connectivity index (χ1n) is 7.43. The minimum atomic E-state index is -4.21. The highest BCUT2D eigenvalue weighted by Crippen LogP contribution is 2.40. The molecule has 0 aromatic heterocycles. The molecule has 0 radical (unpaired) electrons. The van der Waals surface area contributed by atoms with E-state index in [-0.39, 0.29) is 24.8 Å². The van der Waals surface area contributed by atoms with Crippen LogP contribution in [0.3, 0.4) is 0 Å². The van der Waals surface area contributed by atoms with E-state index in [9.17, 15) is 23.1 Å². The van der Waals surface area contributed by atoms with Crippen molar-refractivity contribution >= 4 is 5.91 Å². The minimum Gasteiger partial charge on any atom is -0.391 e. The third-order valence-corrected chi connectivity index (χ3v) is 4.57. The average molecular weight is 293 g/mol. The van der Waals surface area contributed by atoms with E-state index in [4.69, 9.17) is 0 Å². The zero-order valence-electron chi connectivity index (χ0n) is 11.5. The van der Waals surface area contributed by atoms with Crippen LogP contribution in [0, 0.1) is 11.8 Å². The predicted molar refractivity (Wildman–Crippen MR) is 67.9 cm³/mol. The number of halogens is 3. The molecule has 2 rings (SSSR count). The van der Waals surface area contributed by atoms with Crippen LogP contribution in [0.15, 0.2) is 0 Å². The van der Waals surface area contributed by atoms with Crippen molar-refractivity contribution in [1.82, 2.24) is 5.32 Å². The number of aliphatic hydroxyl groups excluding tert-OH is 1. The fourth-order valence-electron chi connectivity index (χ4n) is 3.31. The molecule has 4 atom stereocenters. The molecule has 0 aliphatic heterocycles. The largest absolute Gasteiger partial charge is 0.391 e. The predicted octanol–water partition coefficient (Wildman–Crippen LogP) is 2.77. The molecule has 2 fully saturated rings. The van der Waals surface area contributed by atoms with Gasteiger partial charge < -0.3 is 10.4 Å². The SMILES string of the molecule is O=C(N[C@@H]1CCCC[C@H]1O)C1CCCC(C(F)(F)F)C1. The Morgan fingerprint density at radius 2 is 1.75 bits per heavy atom. The Morgan fingerprint density at radius 3 is 2.40 bits per heavy atom. The Kier molecular flexibility index (Phi) is 4.94. The third-order valence-electron chi connectivity index (χ3n) is 4.57. The second-order valence-electron chi connectivity index (χ2n) is 6.07. The van der Waals surface area contributed by atoms with Gasteiger partial charge in [-0.05, 0) is 32.1 Å². The van der Waals surface area contributed by atoms with E-state index in [0.29, 0.717) is 25.7 Å². The fourth-order valence-corrected chi connectivity index (χ4v) is 3.31. The molecule has 0 aromatic carbocycles. The first-order valence-corrected chi connectivity index (χ1v) is 7.43. The highest BCUT2D eigenvalue weighted by Gasteiger charge is 2.43. The lowest BCUT2D eigenvalue weighted by atomic mass is 9.80. The number of alkyl halides is 3. The molecule has 116 valence electrons. The molecule has 2 aliphatic rings. The first kappa shape index (κ1) is 15.6. The maximum absolute atomic E-state index is 12.7. The van der Waals surface area contributed by atoms with Crippen molar-refractivity contribution in [2.45, 2.75) is 69.7 Å². The van der Waals surface area contributed by atoms with Crippen LogP contribution < -0.4 is 5.32 Å². The monoisotopic (exact) mass is 293 g/mol. The molecule has 2 saturated carbocycles. The van der Waals surface area contributed by atoms with E-state index >= 15 is 0 Å². The van der Waals surface area contributed by atoms with Crippen molar-refractivity contribution in [2.75, 3.05) is 0 Å². The van der Waals surface area contributed by atoms with Crippen molar-refractivity contribution in [3.63, 3.8) is 0 Å². The van der Waals surface area contributed by atoms with Crippen molar-refractivity contribution in [2.24, 2.45) is 11.8 Å². The molecule has 0 saturated heterocycles. The highest BCUT2D eigenvalue weighted by molar-refractivity contribution is 5.79. The maximum Gasteiger partial charge on any atom is 0.391 e. The summed E-state index contributed by atoms with van der Waals surface area (Å²) in [6.07, 6.45) is -0.555. The van der Waals surface area contributed by atoms with Gasteiger partial charge >= 0.3 is 6.18 Å². The molecule has 2 N–H and O–H groups in total. The fraction of sp³-hybridized carbons (Fsp3) is 0.929. The number of carbonyl (C=O) groups is 1. The average Bonchev–Trinajstić information content (AvgIpc) is 2.40. The molecule has 2 aliphatic carbocycles. The van der Waals surface area contributed by atoms with Crippen LogP contribution in [0.25, 0.3) is 0 Å². The number of nitrogens with one attached hydrogen (secondary N) is 1. The molecule has 0 aromatic rings. The second-order valence-corrected chi connectivity index (χ2v) is 6.07. The van der Waals surface area contributed by atoms with Gasteiger partial charge in [0.2, 0.25) is 5.91 Å². The van der Waals surface area contributed by atoms with Gasteiger partial charge in [0, 0.05) is 5.92 Å². The smallest absolute Gasteiger partial charge is 0.391 e. The maximum atomic E-state index is 12.7. The van der Waals surface area contributed by atoms with Crippen molar-refractivity contribution in [3.8, 4) is 0 Å². The Morgan fingerprint density at radius 1 is 1.05 bits per heavy atom. The lowest BCUT2D eigenvalue weighted by molar-refractivity contribution is -0.186. The molecule has 1 amide bonds. The van der Waals surface area contributed by atoms with Crippen LogP contribution in [-0.2, 0) is 4.79 Å². The van der Waals surface area contributed by atoms with Gasteiger partial charge in [0.1, 0.15) is 0 Å². The quantitative estimate of drug-likeness (QED) is 0.822. The lowest BCUT2D eigenvalue weighted by Crippen LogP contribution is -2.48. The third kappa shape index (κ3) is 3.87. The van der Waals surface area contributed by atoms with Gasteiger partial charge in [-0.2, -0.15) is 13.2 Å². The number of aliphatic hydroxyl groups is 1. The molecule has 6 heteroatoms. The van der Waals surface area contributed by atoms with E-state index in [1.165, 1.54) is 0 Å². The number of rotatable bonds is 2. The van der Waals surface area contributed by atoms with Crippen LogP contribution in [-0.4, -0.2) is 29.3 Å². The number of carbonyl (C=O) groups excluding carboxylic acids is 1. The molecule has 2 unspecified atom stereocenters. The molecule has 0 heterocycles. The number of amides is 1. The Balaban J connectivity index is 1.88. The number of hydrogen-bond acceptors (Lipinski definition) is 2. The van der Waals surface area contributed by atoms with Gasteiger partial charge in [0.25, 0.3) is 0 Å².